The summed E-state index contributed by atoms with van der Waals surface area (Å²) >= 11 is 0. The first-order valence-corrected chi connectivity index (χ1v) is 9.99. The third kappa shape index (κ3) is 7.64. The van der Waals surface area contributed by atoms with E-state index in [0.29, 0.717) is 5.56 Å². The number of rotatable bonds is 10. The number of ether oxygens (including phenoxy) is 1. The number of nitrogens with zero attached hydrogens (tertiary/aromatic N) is 1. The number of amides is 1. The van der Waals surface area contributed by atoms with Crippen molar-refractivity contribution in [3.05, 3.63) is 35.9 Å². The van der Waals surface area contributed by atoms with Crippen LogP contribution in [0, 0.1) is 5.53 Å². The molecule has 0 spiro atoms. The van der Waals surface area contributed by atoms with E-state index in [1.54, 1.807) is 44.2 Å². The summed E-state index contributed by atoms with van der Waals surface area (Å²) in [6.45, 7) is 3.34. The van der Waals surface area contributed by atoms with Crippen LogP contribution >= 0.6 is 0 Å². The van der Waals surface area contributed by atoms with Crippen molar-refractivity contribution in [2.75, 3.05) is 6.26 Å². The molecular formula is C18H24N3O5S+. The Morgan fingerprint density at radius 2 is 1.89 bits per heavy atom. The van der Waals surface area contributed by atoms with E-state index in [1.165, 1.54) is 6.26 Å². The minimum Gasteiger partial charge on any atom is -0.461 e. The quantitative estimate of drug-likeness (QED) is 0.267. The molecule has 9 heteroatoms. The normalized spacial score (nSPS) is 13.8. The van der Waals surface area contributed by atoms with Gasteiger partial charge in [0.05, 0.1) is 16.4 Å². The van der Waals surface area contributed by atoms with E-state index in [-0.39, 0.29) is 12.8 Å². The number of hydrogen-bond donors (Lipinski definition) is 2. The van der Waals surface area contributed by atoms with Crippen LogP contribution in [-0.4, -0.2) is 51.3 Å². The molecule has 1 aromatic carbocycles. The molecule has 0 aliphatic rings. The molecule has 0 bridgehead atoms. The van der Waals surface area contributed by atoms with Gasteiger partial charge in [0.1, 0.15) is 11.3 Å². The van der Waals surface area contributed by atoms with Crippen LogP contribution in [-0.2, 0) is 29.9 Å². The van der Waals surface area contributed by atoms with Crippen molar-refractivity contribution < 1.29 is 28.1 Å². The molecule has 1 rings (SSSR count). The summed E-state index contributed by atoms with van der Waals surface area (Å²) in [6.07, 6.45) is 1.74. The molecule has 0 aromatic heterocycles. The summed E-state index contributed by atoms with van der Waals surface area (Å²) in [4.78, 5) is 39.4. The monoisotopic (exact) mass is 394 g/mol. The highest BCUT2D eigenvalue weighted by atomic mass is 32.2. The molecule has 3 atom stereocenters. The van der Waals surface area contributed by atoms with Gasteiger partial charge >= 0.3 is 12.2 Å². The lowest BCUT2D eigenvalue weighted by atomic mass is 10.1. The summed E-state index contributed by atoms with van der Waals surface area (Å²) in [5, 5.41) is 1.60. The molecule has 0 saturated carbocycles. The second-order valence-corrected chi connectivity index (χ2v) is 7.57. The van der Waals surface area contributed by atoms with Gasteiger partial charge in [-0.2, -0.15) is 0 Å². The minimum absolute atomic E-state index is 0.0139. The smallest absolute Gasteiger partial charge is 0.372 e. The zero-order valence-corrected chi connectivity index (χ0v) is 16.3. The van der Waals surface area contributed by atoms with Gasteiger partial charge in [0.15, 0.2) is 0 Å². The fourth-order valence-electron chi connectivity index (χ4n) is 2.36. The lowest BCUT2D eigenvalue weighted by Crippen LogP contribution is -2.45. The van der Waals surface area contributed by atoms with E-state index < -0.39 is 45.9 Å². The molecule has 0 fully saturated rings. The summed E-state index contributed by atoms with van der Waals surface area (Å²) < 4.78 is 17.2. The number of esters is 1. The average Bonchev–Trinajstić information content (AvgIpc) is 2.58. The Bertz CT molecular complexity index is 745. The number of hydrogen-bond acceptors (Lipinski definition) is 6. The second-order valence-electron chi connectivity index (χ2n) is 6.10. The maximum atomic E-state index is 12.7. The molecule has 0 aliphatic carbocycles. The fourth-order valence-corrected chi connectivity index (χ4v) is 3.27. The van der Waals surface area contributed by atoms with Gasteiger partial charge in [-0.3, -0.25) is 13.8 Å². The fraction of sp³-hybridized carbons (Fsp3) is 0.444. The van der Waals surface area contributed by atoms with Crippen LogP contribution in [0.2, 0.25) is 0 Å². The number of Topliss-reactive ketones (excluding diaryl/α,β-unsaturated/α-hetero) is 1. The van der Waals surface area contributed by atoms with Crippen molar-refractivity contribution in [1.29, 1.82) is 5.53 Å². The van der Waals surface area contributed by atoms with Gasteiger partial charge in [-0.15, -0.1) is 0 Å². The van der Waals surface area contributed by atoms with Crippen molar-refractivity contribution in [1.82, 2.24) is 5.32 Å². The second kappa shape index (κ2) is 11.2. The van der Waals surface area contributed by atoms with E-state index >= 15 is 0 Å². The first-order chi connectivity index (χ1) is 12.8. The molecule has 146 valence electrons. The first-order valence-electron chi connectivity index (χ1n) is 8.37. The SMILES string of the molecule is CC(C)OC(=O)[C@H](CCC(=O)C=[N+]=N)NC(=O)[C@H](c1ccccc1)S(C)=O. The van der Waals surface area contributed by atoms with Gasteiger partial charge in [-0.25, -0.2) is 4.79 Å². The van der Waals surface area contributed by atoms with Crippen LogP contribution in [0.5, 0.6) is 0 Å². The summed E-state index contributed by atoms with van der Waals surface area (Å²) in [7, 11) is -1.52. The highest BCUT2D eigenvalue weighted by Crippen LogP contribution is 2.19. The molecule has 0 heterocycles. The number of ketones is 1. The molecule has 8 nitrogen and oxygen atoms in total. The largest absolute Gasteiger partial charge is 0.461 e. The predicted octanol–water partition coefficient (Wildman–Crippen LogP) is 1.20. The maximum Gasteiger partial charge on any atom is 0.372 e. The summed E-state index contributed by atoms with van der Waals surface area (Å²) in [5.74, 6) is -1.71. The van der Waals surface area contributed by atoms with Gasteiger partial charge < -0.3 is 10.1 Å². The highest BCUT2D eigenvalue weighted by Gasteiger charge is 2.30. The van der Waals surface area contributed by atoms with Crippen molar-refractivity contribution in [3.8, 4) is 0 Å². The van der Waals surface area contributed by atoms with Crippen molar-refractivity contribution >= 4 is 34.7 Å². The number of carbonyl (C=O) groups is 3. The molecule has 0 radical (unpaired) electrons. The van der Waals surface area contributed by atoms with Crippen LogP contribution in [0.15, 0.2) is 30.3 Å². The lowest BCUT2D eigenvalue weighted by Gasteiger charge is -2.21. The third-order valence-electron chi connectivity index (χ3n) is 3.51. The van der Waals surface area contributed by atoms with Crippen molar-refractivity contribution in [3.63, 3.8) is 0 Å². The summed E-state index contributed by atoms with van der Waals surface area (Å²) in [6, 6.07) is 7.53. The zero-order chi connectivity index (χ0) is 20.4. The number of carbonyl (C=O) groups excluding carboxylic acids is 3. The average molecular weight is 394 g/mol. The Kier molecular flexibility index (Phi) is 9.25. The topological polar surface area (TPSA) is 127 Å². The highest BCUT2D eigenvalue weighted by molar-refractivity contribution is 7.85. The van der Waals surface area contributed by atoms with Crippen LogP contribution in [0.25, 0.3) is 0 Å². The minimum atomic E-state index is -1.52. The van der Waals surface area contributed by atoms with Crippen molar-refractivity contribution in [2.24, 2.45) is 0 Å². The van der Waals surface area contributed by atoms with Gasteiger partial charge in [-0.05, 0) is 25.8 Å². The summed E-state index contributed by atoms with van der Waals surface area (Å²) in [5.41, 5.74) is 7.22. The lowest BCUT2D eigenvalue weighted by molar-refractivity contribution is -0.151. The molecule has 1 aromatic rings. The standard InChI is InChI=1S/C18H23N3O5S/c1-12(2)26-18(24)15(10-9-14(22)11-20-19)21-17(23)16(27(3)25)13-7-5-4-6-8-13/h4-8,11-12,15-16,19H,9-10H2,1-3H3/p+1/t15-,16-,27?/m0/s1. The van der Waals surface area contributed by atoms with Crippen LogP contribution in [0.1, 0.15) is 37.5 Å². The molecular weight excluding hydrogens is 370 g/mol. The first kappa shape index (κ1) is 22.4. The van der Waals surface area contributed by atoms with Gasteiger partial charge in [0, 0.05) is 23.5 Å². The molecule has 0 saturated heterocycles. The van der Waals surface area contributed by atoms with E-state index in [2.05, 4.69) is 10.1 Å². The Balaban J connectivity index is 2.98. The van der Waals surface area contributed by atoms with Crippen LogP contribution < -0.4 is 5.32 Å². The Labute approximate surface area is 160 Å². The maximum absolute atomic E-state index is 12.7. The van der Waals surface area contributed by atoms with Gasteiger partial charge in [0.2, 0.25) is 11.7 Å². The Morgan fingerprint density at radius 1 is 1.26 bits per heavy atom. The number of nitrogens with one attached hydrogen (secondary N) is 2. The van der Waals surface area contributed by atoms with Crippen molar-refractivity contribution in [2.45, 2.75) is 44.1 Å². The van der Waals surface area contributed by atoms with E-state index in [0.717, 1.165) is 6.21 Å². The predicted molar refractivity (Wildman–Crippen MR) is 99.7 cm³/mol. The Hall–Kier alpha value is -2.64. The molecule has 2 N–H and O–H groups in total. The van der Waals surface area contributed by atoms with E-state index in [9.17, 15) is 18.6 Å². The van der Waals surface area contributed by atoms with Crippen LogP contribution in [0.4, 0.5) is 0 Å². The molecule has 0 aliphatic heterocycles. The van der Waals surface area contributed by atoms with E-state index in [4.69, 9.17) is 10.3 Å². The molecule has 27 heavy (non-hydrogen) atoms. The van der Waals surface area contributed by atoms with Gasteiger partial charge in [-0.1, -0.05) is 30.3 Å². The number of benzene rings is 1. The molecule has 1 unspecified atom stereocenters. The van der Waals surface area contributed by atoms with Crippen LogP contribution in [0.3, 0.4) is 0 Å². The third-order valence-corrected chi connectivity index (χ3v) is 4.66. The Morgan fingerprint density at radius 3 is 2.41 bits per heavy atom. The van der Waals surface area contributed by atoms with Gasteiger partial charge in [0.25, 0.3) is 0 Å². The van der Waals surface area contributed by atoms with E-state index in [1.807, 2.05) is 0 Å². The zero-order valence-electron chi connectivity index (χ0n) is 15.5. The molecule has 1 amide bonds.